The summed E-state index contributed by atoms with van der Waals surface area (Å²) in [5.41, 5.74) is 1.24. The van der Waals surface area contributed by atoms with Gasteiger partial charge >= 0.3 is 0 Å². The summed E-state index contributed by atoms with van der Waals surface area (Å²) in [5.74, 6) is 0. The van der Waals surface area contributed by atoms with E-state index in [1.54, 1.807) is 0 Å². The van der Waals surface area contributed by atoms with Crippen molar-refractivity contribution in [1.82, 2.24) is 10.2 Å². The minimum atomic E-state index is 0. The first kappa shape index (κ1) is 17.1. The average Bonchev–Trinajstić information content (AvgIpc) is 2.41. The highest BCUT2D eigenvalue weighted by Crippen LogP contribution is 2.29. The van der Waals surface area contributed by atoms with Gasteiger partial charge in [0.25, 0.3) is 0 Å². The third-order valence-corrected chi connectivity index (χ3v) is 4.57. The van der Waals surface area contributed by atoms with Crippen LogP contribution in [0.4, 0.5) is 0 Å². The number of hydrogen-bond acceptors (Lipinski definition) is 2. The highest BCUT2D eigenvalue weighted by molar-refractivity contribution is 6.42. The van der Waals surface area contributed by atoms with E-state index in [4.69, 9.17) is 23.2 Å². The summed E-state index contributed by atoms with van der Waals surface area (Å²) >= 11 is 12.1. The molecule has 2 nitrogen and oxygen atoms in total. The predicted octanol–water partition coefficient (Wildman–Crippen LogP) is 4.16. The normalized spacial score (nSPS) is 21.8. The molecule has 2 atom stereocenters. The summed E-state index contributed by atoms with van der Waals surface area (Å²) in [7, 11) is 2.04. The van der Waals surface area contributed by atoms with Crippen molar-refractivity contribution < 1.29 is 0 Å². The van der Waals surface area contributed by atoms with Crippen LogP contribution in [0, 0.1) is 0 Å². The van der Waals surface area contributed by atoms with E-state index >= 15 is 0 Å². The number of likely N-dealkylation sites (N-methyl/N-ethyl adjacent to an activating group) is 1. The Morgan fingerprint density at radius 1 is 1.32 bits per heavy atom. The van der Waals surface area contributed by atoms with Crippen LogP contribution in [0.5, 0.6) is 0 Å². The average molecular weight is 324 g/mol. The smallest absolute Gasteiger partial charge is 0.0595 e. The summed E-state index contributed by atoms with van der Waals surface area (Å²) in [5, 5.41) is 4.64. The van der Waals surface area contributed by atoms with Gasteiger partial charge in [-0.05, 0) is 51.1 Å². The molecule has 1 aliphatic rings. The molecule has 19 heavy (non-hydrogen) atoms. The Morgan fingerprint density at radius 2 is 2.05 bits per heavy atom. The molecule has 1 fully saturated rings. The largest absolute Gasteiger partial charge is 0.316 e. The fourth-order valence-corrected chi connectivity index (χ4v) is 2.88. The van der Waals surface area contributed by atoms with E-state index < -0.39 is 0 Å². The van der Waals surface area contributed by atoms with Gasteiger partial charge in [-0.15, -0.1) is 12.4 Å². The molecule has 2 rings (SSSR count). The van der Waals surface area contributed by atoms with Crippen LogP contribution in [0.1, 0.15) is 31.4 Å². The first-order valence-corrected chi connectivity index (χ1v) is 7.23. The fraction of sp³-hybridized carbons (Fsp3) is 0.571. The molecule has 1 aliphatic heterocycles. The molecule has 0 spiro atoms. The standard InChI is InChI=1S/C14H20Cl2N2.ClH/c1-10(11-5-6-13(15)14(16)8-11)18-7-3-4-12(9-18)17-2;/h5-6,8,10,12,17H,3-4,7,9H2,1-2H3;1H. The van der Waals surface area contributed by atoms with Gasteiger partial charge in [0.1, 0.15) is 0 Å². The molecule has 1 N–H and O–H groups in total. The molecule has 1 saturated heterocycles. The van der Waals surface area contributed by atoms with Crippen molar-refractivity contribution >= 4 is 35.6 Å². The third kappa shape index (κ3) is 4.24. The lowest BCUT2D eigenvalue weighted by atomic mass is 10.0. The lowest BCUT2D eigenvalue weighted by Gasteiger charge is -2.37. The molecule has 1 aromatic carbocycles. The number of likely N-dealkylation sites (tertiary alicyclic amines) is 1. The van der Waals surface area contributed by atoms with Crippen LogP contribution in [-0.4, -0.2) is 31.1 Å². The summed E-state index contributed by atoms with van der Waals surface area (Å²) in [6.45, 7) is 4.48. The van der Waals surface area contributed by atoms with Crippen LogP contribution < -0.4 is 5.32 Å². The zero-order valence-electron chi connectivity index (χ0n) is 11.3. The second-order valence-corrected chi connectivity index (χ2v) is 5.79. The minimum Gasteiger partial charge on any atom is -0.316 e. The molecular weight excluding hydrogens is 303 g/mol. The molecule has 2 unspecified atom stereocenters. The van der Waals surface area contributed by atoms with Crippen LogP contribution in [0.3, 0.4) is 0 Å². The molecule has 0 radical (unpaired) electrons. The molecule has 108 valence electrons. The van der Waals surface area contributed by atoms with Crippen molar-refractivity contribution in [1.29, 1.82) is 0 Å². The number of nitrogens with zero attached hydrogens (tertiary/aromatic N) is 1. The lowest BCUT2D eigenvalue weighted by molar-refractivity contribution is 0.149. The minimum absolute atomic E-state index is 0. The first-order valence-electron chi connectivity index (χ1n) is 6.48. The Labute approximate surface area is 131 Å². The Kier molecular flexibility index (Phi) is 6.92. The number of rotatable bonds is 3. The van der Waals surface area contributed by atoms with Crippen LogP contribution in [-0.2, 0) is 0 Å². The van der Waals surface area contributed by atoms with Gasteiger partial charge in [0.2, 0.25) is 0 Å². The molecule has 5 heteroatoms. The van der Waals surface area contributed by atoms with Gasteiger partial charge in [0.05, 0.1) is 10.0 Å². The second-order valence-electron chi connectivity index (χ2n) is 4.97. The Bertz CT molecular complexity index is 412. The van der Waals surface area contributed by atoms with Gasteiger partial charge in [-0.2, -0.15) is 0 Å². The van der Waals surface area contributed by atoms with E-state index in [1.807, 2.05) is 19.2 Å². The van der Waals surface area contributed by atoms with Gasteiger partial charge < -0.3 is 5.32 Å². The van der Waals surface area contributed by atoms with Crippen LogP contribution in [0.2, 0.25) is 10.0 Å². The molecular formula is C14H21Cl3N2. The maximum Gasteiger partial charge on any atom is 0.0595 e. The number of halogens is 3. The SMILES string of the molecule is CNC1CCCN(C(C)c2ccc(Cl)c(Cl)c2)C1.Cl. The fourth-order valence-electron chi connectivity index (χ4n) is 2.58. The molecule has 0 aliphatic carbocycles. The van der Waals surface area contributed by atoms with Crippen LogP contribution in [0.25, 0.3) is 0 Å². The van der Waals surface area contributed by atoms with Crippen molar-refractivity contribution in [2.75, 3.05) is 20.1 Å². The van der Waals surface area contributed by atoms with Gasteiger partial charge in [-0.1, -0.05) is 29.3 Å². The van der Waals surface area contributed by atoms with Crippen molar-refractivity contribution in [3.05, 3.63) is 33.8 Å². The highest BCUT2D eigenvalue weighted by Gasteiger charge is 2.23. The predicted molar refractivity (Wildman–Crippen MR) is 85.8 cm³/mol. The molecule has 0 bridgehead atoms. The monoisotopic (exact) mass is 322 g/mol. The quantitative estimate of drug-likeness (QED) is 0.898. The zero-order chi connectivity index (χ0) is 13.1. The van der Waals surface area contributed by atoms with Crippen LogP contribution in [0.15, 0.2) is 18.2 Å². The Hall–Kier alpha value is 0.01000. The van der Waals surface area contributed by atoms with Crippen LogP contribution >= 0.6 is 35.6 Å². The van der Waals surface area contributed by atoms with Gasteiger partial charge in [0.15, 0.2) is 0 Å². The first-order chi connectivity index (χ1) is 8.61. The van der Waals surface area contributed by atoms with Crippen molar-refractivity contribution in [2.45, 2.75) is 31.8 Å². The number of benzene rings is 1. The van der Waals surface area contributed by atoms with E-state index in [-0.39, 0.29) is 12.4 Å². The summed E-state index contributed by atoms with van der Waals surface area (Å²) in [6.07, 6.45) is 2.51. The van der Waals surface area contributed by atoms with E-state index in [0.717, 1.165) is 13.1 Å². The second kappa shape index (κ2) is 7.70. The topological polar surface area (TPSA) is 15.3 Å². The van der Waals surface area contributed by atoms with Gasteiger partial charge in [0, 0.05) is 18.6 Å². The number of nitrogens with one attached hydrogen (secondary N) is 1. The molecule has 0 amide bonds. The van der Waals surface area contributed by atoms with E-state index in [1.165, 1.54) is 18.4 Å². The van der Waals surface area contributed by atoms with Gasteiger partial charge in [-0.3, -0.25) is 4.90 Å². The van der Waals surface area contributed by atoms with Crippen molar-refractivity contribution in [2.24, 2.45) is 0 Å². The summed E-state index contributed by atoms with van der Waals surface area (Å²) < 4.78 is 0. The maximum absolute atomic E-state index is 6.09. The highest BCUT2D eigenvalue weighted by atomic mass is 35.5. The lowest BCUT2D eigenvalue weighted by Crippen LogP contribution is -2.45. The summed E-state index contributed by atoms with van der Waals surface area (Å²) in [6, 6.07) is 6.93. The molecule has 0 aromatic heterocycles. The Morgan fingerprint density at radius 3 is 2.68 bits per heavy atom. The summed E-state index contributed by atoms with van der Waals surface area (Å²) in [4.78, 5) is 2.50. The zero-order valence-corrected chi connectivity index (χ0v) is 13.7. The molecule has 0 saturated carbocycles. The maximum atomic E-state index is 6.09. The van der Waals surface area contributed by atoms with E-state index in [9.17, 15) is 0 Å². The Balaban J connectivity index is 0.00000180. The third-order valence-electron chi connectivity index (χ3n) is 3.83. The molecule has 1 heterocycles. The number of piperidine rings is 1. The van der Waals surface area contributed by atoms with E-state index in [2.05, 4.69) is 23.2 Å². The van der Waals surface area contributed by atoms with Gasteiger partial charge in [-0.25, -0.2) is 0 Å². The van der Waals surface area contributed by atoms with Crippen molar-refractivity contribution in [3.8, 4) is 0 Å². The molecule has 1 aromatic rings. The number of hydrogen-bond donors (Lipinski definition) is 1. The van der Waals surface area contributed by atoms with Crippen molar-refractivity contribution in [3.63, 3.8) is 0 Å². The van der Waals surface area contributed by atoms with E-state index in [0.29, 0.717) is 22.1 Å².